The number of hydrogen-bond donors (Lipinski definition) is 0. The number of carbonyl (C=O) groups is 2. The van der Waals surface area contributed by atoms with Crippen LogP contribution in [0.3, 0.4) is 0 Å². The molecule has 2 aliphatic rings. The van der Waals surface area contributed by atoms with E-state index in [1.165, 1.54) is 6.26 Å². The van der Waals surface area contributed by atoms with Crippen LogP contribution in [0, 0.1) is 19.8 Å². The number of esters is 1. The summed E-state index contributed by atoms with van der Waals surface area (Å²) in [7, 11) is 0. The summed E-state index contributed by atoms with van der Waals surface area (Å²) in [6.45, 7) is 5.95. The van der Waals surface area contributed by atoms with Crippen LogP contribution in [0.1, 0.15) is 37.3 Å². The molecule has 27 heavy (non-hydrogen) atoms. The smallest absolute Gasteiger partial charge is 0.332 e. The average Bonchev–Trinajstić information content (AvgIpc) is 2.65. The van der Waals surface area contributed by atoms with Crippen molar-refractivity contribution in [3.05, 3.63) is 41.3 Å². The van der Waals surface area contributed by atoms with Gasteiger partial charge in [-0.15, -0.1) is 0 Å². The minimum atomic E-state index is -0.371. The Balaban J connectivity index is 1.60. The van der Waals surface area contributed by atoms with E-state index in [9.17, 15) is 9.59 Å². The van der Waals surface area contributed by atoms with Gasteiger partial charge in [0.2, 0.25) is 11.5 Å². The first-order chi connectivity index (χ1) is 13.0. The van der Waals surface area contributed by atoms with Gasteiger partial charge in [0.1, 0.15) is 24.7 Å². The third kappa shape index (κ3) is 4.69. The molecule has 1 saturated carbocycles. The van der Waals surface area contributed by atoms with Gasteiger partial charge in [-0.05, 0) is 50.8 Å². The Bertz CT molecular complexity index is 738. The van der Waals surface area contributed by atoms with E-state index in [-0.39, 0.29) is 42.2 Å². The molecule has 6 nitrogen and oxygen atoms in total. The van der Waals surface area contributed by atoms with E-state index in [0.717, 1.165) is 11.1 Å². The summed E-state index contributed by atoms with van der Waals surface area (Å²) in [5, 5.41) is 0. The predicted molar refractivity (Wildman–Crippen MR) is 98.2 cm³/mol. The molecule has 1 aromatic carbocycles. The SMILES string of the molecule is CCOC(=O)COC1CCC2C(=O)C(Oc3cc(C)ccc3C)=COC2C1. The lowest BCUT2D eigenvalue weighted by atomic mass is 9.80. The van der Waals surface area contributed by atoms with E-state index in [1.54, 1.807) is 6.92 Å². The Morgan fingerprint density at radius 3 is 2.85 bits per heavy atom. The highest BCUT2D eigenvalue weighted by atomic mass is 16.6. The molecule has 3 atom stereocenters. The zero-order valence-electron chi connectivity index (χ0n) is 16.0. The summed E-state index contributed by atoms with van der Waals surface area (Å²) in [6.07, 6.45) is 2.97. The first-order valence-corrected chi connectivity index (χ1v) is 9.40. The topological polar surface area (TPSA) is 71.1 Å². The van der Waals surface area contributed by atoms with Crippen LogP contribution in [-0.4, -0.2) is 37.2 Å². The first-order valence-electron chi connectivity index (χ1n) is 9.40. The van der Waals surface area contributed by atoms with Crippen LogP contribution < -0.4 is 4.74 Å². The predicted octanol–water partition coefficient (Wildman–Crippen LogP) is 3.24. The summed E-state index contributed by atoms with van der Waals surface area (Å²) < 4.78 is 22.1. The first kappa shape index (κ1) is 19.4. The second-order valence-electron chi connectivity index (χ2n) is 7.05. The molecule has 0 saturated heterocycles. The van der Waals surface area contributed by atoms with Crippen molar-refractivity contribution < 1.29 is 28.5 Å². The molecule has 1 fully saturated rings. The highest BCUT2D eigenvalue weighted by Crippen LogP contribution is 2.35. The van der Waals surface area contributed by atoms with Gasteiger partial charge in [0, 0.05) is 6.42 Å². The van der Waals surface area contributed by atoms with Crippen LogP contribution in [0.5, 0.6) is 5.75 Å². The van der Waals surface area contributed by atoms with E-state index in [2.05, 4.69) is 0 Å². The van der Waals surface area contributed by atoms with Crippen molar-refractivity contribution in [3.63, 3.8) is 0 Å². The minimum absolute atomic E-state index is 0.0315. The van der Waals surface area contributed by atoms with Crippen molar-refractivity contribution in [2.45, 2.75) is 52.2 Å². The second-order valence-corrected chi connectivity index (χ2v) is 7.05. The fraction of sp³-hybridized carbons (Fsp3) is 0.524. The van der Waals surface area contributed by atoms with Crippen molar-refractivity contribution in [2.75, 3.05) is 13.2 Å². The standard InChI is InChI=1S/C21H26O6/c1-4-24-20(22)12-25-15-7-8-16-18(10-15)26-11-19(21(16)23)27-17-9-13(2)5-6-14(17)3/h5-6,9,11,15-16,18H,4,7-8,10,12H2,1-3H3. The molecule has 0 aromatic heterocycles. The maximum absolute atomic E-state index is 12.8. The van der Waals surface area contributed by atoms with Crippen LogP contribution in [0.25, 0.3) is 0 Å². The summed E-state index contributed by atoms with van der Waals surface area (Å²) in [5.41, 5.74) is 2.03. The van der Waals surface area contributed by atoms with E-state index in [4.69, 9.17) is 18.9 Å². The number of fused-ring (bicyclic) bond motifs is 1. The summed E-state index contributed by atoms with van der Waals surface area (Å²) in [6, 6.07) is 5.88. The number of benzene rings is 1. The zero-order chi connectivity index (χ0) is 19.4. The van der Waals surface area contributed by atoms with Crippen LogP contribution in [0.2, 0.25) is 0 Å². The molecule has 0 bridgehead atoms. The van der Waals surface area contributed by atoms with Gasteiger partial charge in [-0.2, -0.15) is 0 Å². The van der Waals surface area contributed by atoms with E-state index < -0.39 is 0 Å². The maximum atomic E-state index is 12.8. The number of ketones is 1. The van der Waals surface area contributed by atoms with Crippen molar-refractivity contribution in [1.82, 2.24) is 0 Å². The van der Waals surface area contributed by atoms with Crippen molar-refractivity contribution in [3.8, 4) is 5.75 Å². The van der Waals surface area contributed by atoms with Crippen LogP contribution >= 0.6 is 0 Å². The average molecular weight is 374 g/mol. The van der Waals surface area contributed by atoms with E-state index >= 15 is 0 Å². The van der Waals surface area contributed by atoms with Crippen molar-refractivity contribution in [2.24, 2.45) is 5.92 Å². The molecule has 0 spiro atoms. The fourth-order valence-electron chi connectivity index (χ4n) is 3.48. The van der Waals surface area contributed by atoms with Gasteiger partial charge < -0.3 is 18.9 Å². The number of aryl methyl sites for hydroxylation is 2. The minimum Gasteiger partial charge on any atom is -0.493 e. The molecule has 6 heteroatoms. The largest absolute Gasteiger partial charge is 0.493 e. The molecule has 0 radical (unpaired) electrons. The molecule has 1 heterocycles. The molecule has 3 unspecified atom stereocenters. The summed E-state index contributed by atoms with van der Waals surface area (Å²) in [5.74, 6) is 0.275. The Labute approximate surface area is 159 Å². The lowest BCUT2D eigenvalue weighted by Gasteiger charge is -2.37. The Morgan fingerprint density at radius 1 is 1.26 bits per heavy atom. The Morgan fingerprint density at radius 2 is 2.07 bits per heavy atom. The normalized spacial score (nSPS) is 24.5. The maximum Gasteiger partial charge on any atom is 0.332 e. The zero-order valence-corrected chi connectivity index (χ0v) is 16.0. The number of allylic oxidation sites excluding steroid dienone is 1. The molecule has 0 amide bonds. The van der Waals surface area contributed by atoms with Gasteiger partial charge in [-0.1, -0.05) is 12.1 Å². The molecular formula is C21H26O6. The quantitative estimate of drug-likeness (QED) is 0.712. The monoisotopic (exact) mass is 374 g/mol. The van der Waals surface area contributed by atoms with Gasteiger partial charge in [0.25, 0.3) is 0 Å². The number of carbonyl (C=O) groups excluding carboxylic acids is 2. The van der Waals surface area contributed by atoms with Gasteiger partial charge in [-0.3, -0.25) is 4.79 Å². The van der Waals surface area contributed by atoms with Gasteiger partial charge in [0.15, 0.2) is 0 Å². The summed E-state index contributed by atoms with van der Waals surface area (Å²) in [4.78, 5) is 24.3. The van der Waals surface area contributed by atoms with Gasteiger partial charge >= 0.3 is 5.97 Å². The molecule has 146 valence electrons. The molecule has 1 aromatic rings. The molecule has 1 aliphatic carbocycles. The second kappa shape index (κ2) is 8.57. The number of hydrogen-bond acceptors (Lipinski definition) is 6. The van der Waals surface area contributed by atoms with Crippen LogP contribution in [0.15, 0.2) is 30.2 Å². The van der Waals surface area contributed by atoms with E-state index in [1.807, 2.05) is 32.0 Å². The fourth-order valence-corrected chi connectivity index (χ4v) is 3.48. The van der Waals surface area contributed by atoms with Crippen molar-refractivity contribution in [1.29, 1.82) is 0 Å². The molecule has 0 N–H and O–H groups in total. The third-order valence-corrected chi connectivity index (χ3v) is 4.98. The number of ether oxygens (including phenoxy) is 4. The van der Waals surface area contributed by atoms with Crippen LogP contribution in [0.4, 0.5) is 0 Å². The highest BCUT2D eigenvalue weighted by molar-refractivity contribution is 5.96. The Hall–Kier alpha value is -2.34. The van der Waals surface area contributed by atoms with Gasteiger partial charge in [-0.25, -0.2) is 4.79 Å². The lowest BCUT2D eigenvalue weighted by Crippen LogP contribution is -2.43. The lowest BCUT2D eigenvalue weighted by molar-refractivity contribution is -0.154. The van der Waals surface area contributed by atoms with E-state index in [0.29, 0.717) is 31.6 Å². The molecule has 1 aliphatic heterocycles. The Kier molecular flexibility index (Phi) is 6.16. The third-order valence-electron chi connectivity index (χ3n) is 4.98. The summed E-state index contributed by atoms with van der Waals surface area (Å²) >= 11 is 0. The van der Waals surface area contributed by atoms with Gasteiger partial charge in [0.05, 0.1) is 18.6 Å². The number of rotatable bonds is 6. The number of Topliss-reactive ketones (excluding diaryl/α,β-unsaturated/α-hetero) is 1. The van der Waals surface area contributed by atoms with Crippen molar-refractivity contribution >= 4 is 11.8 Å². The molecular weight excluding hydrogens is 348 g/mol. The highest BCUT2D eigenvalue weighted by Gasteiger charge is 2.41. The van der Waals surface area contributed by atoms with Crippen LogP contribution in [-0.2, 0) is 23.8 Å². The molecule has 3 rings (SSSR count).